The van der Waals surface area contributed by atoms with E-state index in [1.807, 2.05) is 0 Å². The Morgan fingerprint density at radius 3 is 2.53 bits per heavy atom. The second-order valence-electron chi connectivity index (χ2n) is 4.19. The first-order chi connectivity index (χ1) is 9.02. The molecule has 0 spiro atoms. The summed E-state index contributed by atoms with van der Waals surface area (Å²) in [5, 5.41) is 9.45. The molecule has 2 rings (SSSR count). The number of hydrogen-bond acceptors (Lipinski definition) is 3. The molecule has 2 aromatic rings. The van der Waals surface area contributed by atoms with Gasteiger partial charge in [0.25, 0.3) is 0 Å². The molecule has 1 N–H and O–H groups in total. The van der Waals surface area contributed by atoms with Crippen LogP contribution in [0.4, 0.5) is 4.39 Å². The standard InChI is InChI=1S/C15H13FO3/c1-9-7-10(4-6-14(9)17)12-5-3-11(8-13(12)16)15(18)19-2/h3-8,17H,1-2H3. The van der Waals surface area contributed by atoms with Crippen molar-refractivity contribution in [2.24, 2.45) is 0 Å². The summed E-state index contributed by atoms with van der Waals surface area (Å²) in [7, 11) is 1.25. The lowest BCUT2D eigenvalue weighted by Gasteiger charge is -2.07. The molecule has 0 aliphatic heterocycles. The summed E-state index contributed by atoms with van der Waals surface area (Å²) in [6, 6.07) is 8.99. The highest BCUT2D eigenvalue weighted by molar-refractivity contribution is 5.90. The molecule has 19 heavy (non-hydrogen) atoms. The van der Waals surface area contributed by atoms with Gasteiger partial charge in [0.2, 0.25) is 0 Å². The summed E-state index contributed by atoms with van der Waals surface area (Å²) in [5.41, 5.74) is 1.84. The Balaban J connectivity index is 2.46. The van der Waals surface area contributed by atoms with Gasteiger partial charge in [0, 0.05) is 5.56 Å². The third kappa shape index (κ3) is 2.57. The molecule has 0 bridgehead atoms. The maximum Gasteiger partial charge on any atom is 0.337 e. The maximum absolute atomic E-state index is 14.0. The average Bonchev–Trinajstić information content (AvgIpc) is 2.41. The number of methoxy groups -OCH3 is 1. The van der Waals surface area contributed by atoms with Gasteiger partial charge in [0.15, 0.2) is 0 Å². The van der Waals surface area contributed by atoms with Gasteiger partial charge in [-0.1, -0.05) is 12.1 Å². The topological polar surface area (TPSA) is 46.5 Å². The van der Waals surface area contributed by atoms with Crippen LogP contribution < -0.4 is 0 Å². The van der Waals surface area contributed by atoms with E-state index < -0.39 is 11.8 Å². The van der Waals surface area contributed by atoms with Gasteiger partial charge in [0.05, 0.1) is 12.7 Å². The fourth-order valence-corrected chi connectivity index (χ4v) is 1.82. The number of aromatic hydroxyl groups is 1. The lowest BCUT2D eigenvalue weighted by molar-refractivity contribution is 0.0600. The minimum Gasteiger partial charge on any atom is -0.508 e. The Kier molecular flexibility index (Phi) is 3.51. The van der Waals surface area contributed by atoms with E-state index in [2.05, 4.69) is 4.74 Å². The van der Waals surface area contributed by atoms with E-state index in [0.29, 0.717) is 16.7 Å². The molecule has 2 aromatic carbocycles. The first kappa shape index (κ1) is 13.1. The van der Waals surface area contributed by atoms with Gasteiger partial charge >= 0.3 is 5.97 Å². The van der Waals surface area contributed by atoms with E-state index in [4.69, 9.17) is 0 Å². The zero-order valence-electron chi connectivity index (χ0n) is 10.6. The van der Waals surface area contributed by atoms with Crippen LogP contribution in [0, 0.1) is 12.7 Å². The third-order valence-electron chi connectivity index (χ3n) is 2.90. The van der Waals surface area contributed by atoms with Crippen LogP contribution in [-0.2, 0) is 4.74 Å². The number of phenols is 1. The third-order valence-corrected chi connectivity index (χ3v) is 2.90. The summed E-state index contributed by atoms with van der Waals surface area (Å²) in [6.07, 6.45) is 0. The number of carbonyl (C=O) groups excluding carboxylic acids is 1. The van der Waals surface area contributed by atoms with Crippen molar-refractivity contribution >= 4 is 5.97 Å². The molecule has 3 nitrogen and oxygen atoms in total. The second-order valence-corrected chi connectivity index (χ2v) is 4.19. The van der Waals surface area contributed by atoms with Gasteiger partial charge in [-0.25, -0.2) is 9.18 Å². The molecule has 0 atom stereocenters. The lowest BCUT2D eigenvalue weighted by atomic mass is 10.0. The smallest absolute Gasteiger partial charge is 0.337 e. The van der Waals surface area contributed by atoms with Crippen molar-refractivity contribution in [2.45, 2.75) is 6.92 Å². The number of ether oxygens (including phenoxy) is 1. The molecule has 0 heterocycles. The van der Waals surface area contributed by atoms with Crippen LogP contribution in [0.25, 0.3) is 11.1 Å². The minimum absolute atomic E-state index is 0.162. The van der Waals surface area contributed by atoms with Gasteiger partial charge in [-0.3, -0.25) is 0 Å². The first-order valence-electron chi connectivity index (χ1n) is 5.71. The maximum atomic E-state index is 14.0. The minimum atomic E-state index is -0.577. The first-order valence-corrected chi connectivity index (χ1v) is 5.71. The quantitative estimate of drug-likeness (QED) is 0.843. The van der Waals surface area contributed by atoms with Gasteiger partial charge in [0.1, 0.15) is 11.6 Å². The summed E-state index contributed by atoms with van der Waals surface area (Å²) in [5.74, 6) is -0.921. The fourth-order valence-electron chi connectivity index (χ4n) is 1.82. The van der Waals surface area contributed by atoms with E-state index in [9.17, 15) is 14.3 Å². The van der Waals surface area contributed by atoms with Gasteiger partial charge in [-0.2, -0.15) is 0 Å². The van der Waals surface area contributed by atoms with Crippen LogP contribution in [0.2, 0.25) is 0 Å². The molecule has 0 aromatic heterocycles. The highest BCUT2D eigenvalue weighted by Gasteiger charge is 2.11. The van der Waals surface area contributed by atoms with E-state index in [1.54, 1.807) is 19.1 Å². The van der Waals surface area contributed by atoms with Crippen molar-refractivity contribution in [3.05, 3.63) is 53.3 Å². The average molecular weight is 260 g/mol. The van der Waals surface area contributed by atoms with Crippen molar-refractivity contribution < 1.29 is 19.0 Å². The Morgan fingerprint density at radius 2 is 1.95 bits per heavy atom. The monoisotopic (exact) mass is 260 g/mol. The van der Waals surface area contributed by atoms with Crippen LogP contribution in [0.15, 0.2) is 36.4 Å². The van der Waals surface area contributed by atoms with Gasteiger partial charge in [-0.05, 0) is 42.3 Å². The molecule has 0 saturated carbocycles. The lowest BCUT2D eigenvalue weighted by Crippen LogP contribution is -2.01. The van der Waals surface area contributed by atoms with Crippen molar-refractivity contribution in [3.8, 4) is 16.9 Å². The zero-order valence-corrected chi connectivity index (χ0v) is 10.6. The molecular weight excluding hydrogens is 247 g/mol. The van der Waals surface area contributed by atoms with Crippen LogP contribution in [0.3, 0.4) is 0 Å². The molecular formula is C15H13FO3. The molecule has 0 aliphatic carbocycles. The molecule has 0 aliphatic rings. The predicted octanol–water partition coefficient (Wildman–Crippen LogP) is 3.29. The number of phenolic OH excluding ortho intramolecular Hbond substituents is 1. The SMILES string of the molecule is COC(=O)c1ccc(-c2ccc(O)c(C)c2)c(F)c1. The molecule has 0 fully saturated rings. The van der Waals surface area contributed by atoms with Crippen molar-refractivity contribution in [2.75, 3.05) is 7.11 Å². The van der Waals surface area contributed by atoms with E-state index in [0.717, 1.165) is 6.07 Å². The van der Waals surface area contributed by atoms with E-state index in [-0.39, 0.29) is 11.3 Å². The molecule has 0 amide bonds. The highest BCUT2D eigenvalue weighted by Crippen LogP contribution is 2.28. The molecule has 98 valence electrons. The largest absolute Gasteiger partial charge is 0.508 e. The molecule has 0 unspecified atom stereocenters. The number of aryl methyl sites for hydroxylation is 1. The van der Waals surface area contributed by atoms with Crippen LogP contribution in [0.1, 0.15) is 15.9 Å². The fraction of sp³-hybridized carbons (Fsp3) is 0.133. The molecule has 4 heteroatoms. The number of carbonyl (C=O) groups is 1. The van der Waals surface area contributed by atoms with Crippen molar-refractivity contribution in [3.63, 3.8) is 0 Å². The number of rotatable bonds is 2. The molecule has 0 radical (unpaired) electrons. The zero-order chi connectivity index (χ0) is 14.0. The van der Waals surface area contributed by atoms with Crippen LogP contribution in [0.5, 0.6) is 5.75 Å². The number of esters is 1. The Labute approximate surface area is 110 Å². The summed E-state index contributed by atoms with van der Waals surface area (Å²) >= 11 is 0. The number of hydrogen-bond donors (Lipinski definition) is 1. The van der Waals surface area contributed by atoms with Gasteiger partial charge < -0.3 is 9.84 Å². The summed E-state index contributed by atoms with van der Waals surface area (Å²) in [4.78, 5) is 11.3. The Hall–Kier alpha value is -2.36. The number of benzene rings is 2. The van der Waals surface area contributed by atoms with E-state index >= 15 is 0 Å². The van der Waals surface area contributed by atoms with Gasteiger partial charge in [-0.15, -0.1) is 0 Å². The number of halogens is 1. The second kappa shape index (κ2) is 5.10. The van der Waals surface area contributed by atoms with Crippen LogP contribution >= 0.6 is 0 Å². The van der Waals surface area contributed by atoms with Crippen LogP contribution in [-0.4, -0.2) is 18.2 Å². The predicted molar refractivity (Wildman–Crippen MR) is 69.6 cm³/mol. The Morgan fingerprint density at radius 1 is 1.21 bits per heavy atom. The normalized spacial score (nSPS) is 10.3. The molecule has 0 saturated heterocycles. The highest BCUT2D eigenvalue weighted by atomic mass is 19.1. The van der Waals surface area contributed by atoms with E-state index in [1.165, 1.54) is 25.3 Å². The summed E-state index contributed by atoms with van der Waals surface area (Å²) in [6.45, 7) is 1.74. The Bertz CT molecular complexity index is 635. The van der Waals surface area contributed by atoms with Crippen molar-refractivity contribution in [1.29, 1.82) is 0 Å². The summed E-state index contributed by atoms with van der Waals surface area (Å²) < 4.78 is 18.5. The van der Waals surface area contributed by atoms with Crippen molar-refractivity contribution in [1.82, 2.24) is 0 Å².